The highest BCUT2D eigenvalue weighted by atomic mass is 14.7. The highest BCUT2D eigenvalue weighted by Crippen LogP contribution is 2.30. The minimum atomic E-state index is 0.138. The van der Waals surface area contributed by atoms with Crippen LogP contribution < -0.4 is 10.6 Å². The second kappa shape index (κ2) is 4.20. The van der Waals surface area contributed by atoms with Crippen molar-refractivity contribution in [1.82, 2.24) is 4.98 Å². The van der Waals surface area contributed by atoms with E-state index in [9.17, 15) is 0 Å². The third-order valence-electron chi connectivity index (χ3n) is 3.96. The summed E-state index contributed by atoms with van der Waals surface area (Å²) in [5.74, 6) is 0. The van der Waals surface area contributed by atoms with Gasteiger partial charge in [-0.3, -0.25) is 4.98 Å². The highest BCUT2D eigenvalue weighted by Gasteiger charge is 2.21. The third-order valence-corrected chi connectivity index (χ3v) is 3.96. The Bertz CT molecular complexity index is 847. The van der Waals surface area contributed by atoms with Crippen molar-refractivity contribution in [3.63, 3.8) is 0 Å². The quantitative estimate of drug-likeness (QED) is 0.750. The van der Waals surface area contributed by atoms with Crippen LogP contribution in [0.5, 0.6) is 0 Å². The molecule has 3 rings (SSSR count). The van der Waals surface area contributed by atoms with Crippen LogP contribution in [0.25, 0.3) is 16.6 Å². The Morgan fingerprint density at radius 2 is 2.05 bits per heavy atom. The number of benzene rings is 1. The largest absolute Gasteiger partial charge is 0.254 e. The lowest BCUT2D eigenvalue weighted by Crippen LogP contribution is -2.27. The van der Waals surface area contributed by atoms with E-state index in [1.807, 2.05) is 6.20 Å². The van der Waals surface area contributed by atoms with Crippen LogP contribution in [0.3, 0.4) is 0 Å². The first-order chi connectivity index (χ1) is 9.13. The van der Waals surface area contributed by atoms with Crippen LogP contribution in [0, 0.1) is 0 Å². The maximum Gasteiger partial charge on any atom is 0.106 e. The van der Waals surface area contributed by atoms with Crippen molar-refractivity contribution in [2.24, 2.45) is 4.99 Å². The van der Waals surface area contributed by atoms with Gasteiger partial charge in [-0.25, -0.2) is 4.99 Å². The van der Waals surface area contributed by atoms with Gasteiger partial charge in [0, 0.05) is 11.6 Å². The SMILES string of the molecule is CCC(C)(C)c1ccnc2c3c(ccc12)=C=C=CN=3. The molecule has 0 spiro atoms. The molecule has 0 unspecified atom stereocenters. The van der Waals surface area contributed by atoms with Crippen molar-refractivity contribution >= 4 is 16.6 Å². The lowest BCUT2D eigenvalue weighted by atomic mass is 9.80. The molecule has 0 amide bonds. The number of hydrogen-bond acceptors (Lipinski definition) is 2. The number of nitrogens with zero attached hydrogens (tertiary/aromatic N) is 2. The lowest BCUT2D eigenvalue weighted by molar-refractivity contribution is 0.510. The predicted molar refractivity (Wildman–Crippen MR) is 77.3 cm³/mol. The average molecular weight is 248 g/mol. The Hall–Kier alpha value is -2.14. The molecule has 0 radical (unpaired) electrons. The molecule has 0 bridgehead atoms. The molecular formula is C17H16N2. The number of hydrogen-bond donors (Lipinski definition) is 0. The van der Waals surface area contributed by atoms with Crippen LogP contribution in [0.4, 0.5) is 0 Å². The van der Waals surface area contributed by atoms with Gasteiger partial charge in [0.05, 0.1) is 16.9 Å². The Morgan fingerprint density at radius 1 is 1.21 bits per heavy atom. The zero-order valence-electron chi connectivity index (χ0n) is 11.5. The Morgan fingerprint density at radius 3 is 2.84 bits per heavy atom. The van der Waals surface area contributed by atoms with Gasteiger partial charge in [0.1, 0.15) is 5.36 Å². The lowest BCUT2D eigenvalue weighted by Gasteiger charge is -2.24. The molecule has 94 valence electrons. The van der Waals surface area contributed by atoms with E-state index in [4.69, 9.17) is 0 Å². The van der Waals surface area contributed by atoms with E-state index in [0.29, 0.717) is 0 Å². The monoisotopic (exact) mass is 248 g/mol. The van der Waals surface area contributed by atoms with Crippen LogP contribution in [0.2, 0.25) is 0 Å². The van der Waals surface area contributed by atoms with Gasteiger partial charge in [-0.15, -0.1) is 0 Å². The second-order valence-corrected chi connectivity index (χ2v) is 5.48. The first-order valence-electron chi connectivity index (χ1n) is 6.60. The number of aromatic nitrogens is 1. The van der Waals surface area contributed by atoms with Gasteiger partial charge in [0.2, 0.25) is 0 Å². The van der Waals surface area contributed by atoms with Gasteiger partial charge in [0.25, 0.3) is 0 Å². The van der Waals surface area contributed by atoms with E-state index in [0.717, 1.165) is 22.5 Å². The molecule has 19 heavy (non-hydrogen) atoms. The molecule has 2 aromatic rings. The fourth-order valence-electron chi connectivity index (χ4n) is 2.42. The van der Waals surface area contributed by atoms with E-state index in [1.165, 1.54) is 10.9 Å². The molecule has 1 aromatic heterocycles. The van der Waals surface area contributed by atoms with Gasteiger partial charge < -0.3 is 0 Å². The molecule has 0 N–H and O–H groups in total. The molecule has 0 atom stereocenters. The minimum Gasteiger partial charge on any atom is -0.254 e. The average Bonchev–Trinajstić information content (AvgIpc) is 2.46. The number of fused-ring (bicyclic) bond motifs is 3. The standard InChI is InChI=1S/C17H16N2/c1-4-17(2,3)14-9-11-19-16-13(14)8-7-12-6-5-10-18-15(12)16/h7-11H,4H2,1-3H3. The van der Waals surface area contributed by atoms with E-state index in [-0.39, 0.29) is 5.41 Å². The van der Waals surface area contributed by atoms with Crippen LogP contribution in [-0.2, 0) is 5.41 Å². The summed E-state index contributed by atoms with van der Waals surface area (Å²) in [5.41, 5.74) is 8.41. The minimum absolute atomic E-state index is 0.138. The summed E-state index contributed by atoms with van der Waals surface area (Å²) in [5, 5.41) is 3.06. The molecule has 2 heteroatoms. The van der Waals surface area contributed by atoms with Crippen molar-refractivity contribution in [3.8, 4) is 0 Å². The van der Waals surface area contributed by atoms with E-state index >= 15 is 0 Å². The van der Waals surface area contributed by atoms with Crippen molar-refractivity contribution in [1.29, 1.82) is 0 Å². The van der Waals surface area contributed by atoms with Crippen molar-refractivity contribution in [2.45, 2.75) is 32.6 Å². The summed E-state index contributed by atoms with van der Waals surface area (Å²) in [6, 6.07) is 6.30. The number of pyridine rings is 1. The van der Waals surface area contributed by atoms with Gasteiger partial charge in [0.15, 0.2) is 0 Å². The third kappa shape index (κ3) is 1.82. The first kappa shape index (κ1) is 11.9. The summed E-state index contributed by atoms with van der Waals surface area (Å²) >= 11 is 0. The summed E-state index contributed by atoms with van der Waals surface area (Å²) in [6.07, 6.45) is 4.63. The molecule has 0 saturated heterocycles. The van der Waals surface area contributed by atoms with Crippen molar-refractivity contribution in [2.75, 3.05) is 0 Å². The van der Waals surface area contributed by atoms with E-state index < -0.39 is 0 Å². The Labute approximate surface area is 112 Å². The molecule has 2 heterocycles. The molecule has 1 aromatic carbocycles. The molecule has 0 fully saturated rings. The fourth-order valence-corrected chi connectivity index (χ4v) is 2.42. The molecule has 2 nitrogen and oxygen atoms in total. The first-order valence-corrected chi connectivity index (χ1v) is 6.60. The van der Waals surface area contributed by atoms with Crippen LogP contribution in [0.15, 0.2) is 41.3 Å². The smallest absolute Gasteiger partial charge is 0.106 e. The summed E-state index contributed by atoms with van der Waals surface area (Å²) in [6.45, 7) is 6.75. The zero-order chi connectivity index (χ0) is 13.5. The predicted octanol–water partition coefficient (Wildman–Crippen LogP) is 2.60. The van der Waals surface area contributed by atoms with Crippen molar-refractivity contribution in [3.05, 3.63) is 52.5 Å². The number of rotatable bonds is 2. The van der Waals surface area contributed by atoms with Crippen LogP contribution >= 0.6 is 0 Å². The highest BCUT2D eigenvalue weighted by molar-refractivity contribution is 5.83. The summed E-state index contributed by atoms with van der Waals surface area (Å²) in [4.78, 5) is 8.93. The van der Waals surface area contributed by atoms with E-state index in [1.54, 1.807) is 6.20 Å². The molecule has 1 aliphatic heterocycles. The second-order valence-electron chi connectivity index (χ2n) is 5.48. The molecular weight excluding hydrogens is 232 g/mol. The van der Waals surface area contributed by atoms with Crippen LogP contribution in [-0.4, -0.2) is 4.98 Å². The zero-order valence-corrected chi connectivity index (χ0v) is 11.5. The Balaban J connectivity index is 2.47. The fraction of sp³-hybridized carbons (Fsp3) is 0.294. The van der Waals surface area contributed by atoms with Gasteiger partial charge in [-0.05, 0) is 35.3 Å². The van der Waals surface area contributed by atoms with Crippen LogP contribution in [0.1, 0.15) is 32.8 Å². The Kier molecular flexibility index (Phi) is 2.64. The molecule has 0 saturated carbocycles. The summed E-state index contributed by atoms with van der Waals surface area (Å²) in [7, 11) is 0. The van der Waals surface area contributed by atoms with Gasteiger partial charge in [-0.1, -0.05) is 32.6 Å². The normalized spacial score (nSPS) is 13.0. The molecule has 0 aliphatic carbocycles. The summed E-state index contributed by atoms with van der Waals surface area (Å²) < 4.78 is 0. The van der Waals surface area contributed by atoms with E-state index in [2.05, 4.69) is 60.4 Å². The van der Waals surface area contributed by atoms with Gasteiger partial charge in [-0.2, -0.15) is 0 Å². The maximum atomic E-state index is 4.52. The maximum absolute atomic E-state index is 4.52. The van der Waals surface area contributed by atoms with Crippen molar-refractivity contribution < 1.29 is 0 Å². The molecule has 1 aliphatic rings. The van der Waals surface area contributed by atoms with Gasteiger partial charge >= 0.3 is 0 Å². The topological polar surface area (TPSA) is 25.2 Å².